The molecule has 0 saturated heterocycles. The second kappa shape index (κ2) is 11.2. The van der Waals surface area contributed by atoms with Gasteiger partial charge in [0.2, 0.25) is 0 Å². The van der Waals surface area contributed by atoms with Crippen LogP contribution < -0.4 is 0 Å². The summed E-state index contributed by atoms with van der Waals surface area (Å²) in [5, 5.41) is 4.27. The average Bonchev–Trinajstić information content (AvgIpc) is 4.01. The molecule has 0 radical (unpaired) electrons. The lowest BCUT2D eigenvalue weighted by Crippen LogP contribution is -2.25. The molecule has 5 nitrogen and oxygen atoms in total. The molecule has 2 aliphatic rings. The Morgan fingerprint density at radius 3 is 1.32 bits per heavy atom. The Kier molecular flexibility index (Phi) is 6.04. The van der Waals surface area contributed by atoms with Crippen LogP contribution in [0.3, 0.4) is 0 Å². The summed E-state index contributed by atoms with van der Waals surface area (Å²) in [5.41, 5.74) is 15.4. The molecule has 0 amide bonds. The first kappa shape index (κ1) is 30.7. The highest BCUT2D eigenvalue weighted by Crippen LogP contribution is 2.63. The van der Waals surface area contributed by atoms with Crippen molar-refractivity contribution in [2.45, 2.75) is 5.41 Å². The molecule has 57 heavy (non-hydrogen) atoms. The van der Waals surface area contributed by atoms with Gasteiger partial charge in [-0.25, -0.2) is 15.0 Å². The Morgan fingerprint density at radius 2 is 0.737 bits per heavy atom. The van der Waals surface area contributed by atoms with Gasteiger partial charge in [0, 0.05) is 38.2 Å². The molecule has 264 valence electrons. The van der Waals surface area contributed by atoms with Crippen molar-refractivity contribution in [2.24, 2.45) is 0 Å². The van der Waals surface area contributed by atoms with Gasteiger partial charge < -0.3 is 8.83 Å². The van der Waals surface area contributed by atoms with Crippen LogP contribution in [0.5, 0.6) is 0 Å². The van der Waals surface area contributed by atoms with Gasteiger partial charge in [0.15, 0.2) is 17.5 Å². The van der Waals surface area contributed by atoms with Gasteiger partial charge in [-0.05, 0) is 80.9 Å². The average molecular weight is 728 g/mol. The van der Waals surface area contributed by atoms with E-state index in [1.54, 1.807) is 0 Å². The molecule has 0 aliphatic heterocycles. The zero-order chi connectivity index (χ0) is 37.2. The molecule has 3 heterocycles. The van der Waals surface area contributed by atoms with Crippen LogP contribution in [-0.2, 0) is 5.41 Å². The van der Waals surface area contributed by atoms with Crippen molar-refractivity contribution in [3.8, 4) is 56.4 Å². The maximum atomic E-state index is 6.35. The van der Waals surface area contributed by atoms with Gasteiger partial charge in [0.25, 0.3) is 0 Å². The number of benzene rings is 8. The zero-order valence-corrected chi connectivity index (χ0v) is 30.4. The highest BCUT2D eigenvalue weighted by Gasteiger charge is 2.52. The third-order valence-electron chi connectivity index (χ3n) is 12.2. The lowest BCUT2D eigenvalue weighted by Gasteiger charge is -2.30. The van der Waals surface area contributed by atoms with Crippen molar-refractivity contribution in [1.82, 2.24) is 15.0 Å². The molecule has 0 saturated carbocycles. The maximum Gasteiger partial charge on any atom is 0.164 e. The SMILES string of the molecule is c1ccc2c(c1)-c1ccccc1C21c2ccccc2-c2c(-c3nc(-c4ccc5c(c4)oc4ccccc45)nc(-c4ccc5c(c4)oc4ccccc45)n3)cccc21. The summed E-state index contributed by atoms with van der Waals surface area (Å²) < 4.78 is 12.7. The first-order chi connectivity index (χ1) is 28.2. The van der Waals surface area contributed by atoms with Crippen molar-refractivity contribution in [2.75, 3.05) is 0 Å². The van der Waals surface area contributed by atoms with Crippen LogP contribution in [0.15, 0.2) is 185 Å². The smallest absolute Gasteiger partial charge is 0.164 e. The van der Waals surface area contributed by atoms with E-state index >= 15 is 0 Å². The predicted octanol–water partition coefficient (Wildman–Crippen LogP) is 13.0. The van der Waals surface area contributed by atoms with E-state index in [4.69, 9.17) is 23.8 Å². The Morgan fingerprint density at radius 1 is 0.316 bits per heavy atom. The molecule has 0 N–H and O–H groups in total. The number of para-hydroxylation sites is 2. The van der Waals surface area contributed by atoms with E-state index in [2.05, 4.69) is 127 Å². The van der Waals surface area contributed by atoms with Crippen molar-refractivity contribution >= 4 is 43.9 Å². The Bertz CT molecular complexity index is 3320. The van der Waals surface area contributed by atoms with Crippen LogP contribution in [0, 0.1) is 0 Å². The molecule has 5 heteroatoms. The standard InChI is InChI=1S/C52H29N3O2/c1-6-18-40-32(12-1)33-13-2-7-19-41(33)52(40)42-20-8-3-16-38(42)48-39(17-11-21-43(48)52)51-54-49(30-24-26-36-34-14-4-9-22-44(34)56-46(36)28-30)53-50(55-51)31-25-27-37-35-15-5-10-23-45(35)57-47(37)29-31/h1-29H. The summed E-state index contributed by atoms with van der Waals surface area (Å²) in [6.45, 7) is 0. The second-order valence-corrected chi connectivity index (χ2v) is 15.0. The van der Waals surface area contributed by atoms with E-state index in [9.17, 15) is 0 Å². The van der Waals surface area contributed by atoms with Gasteiger partial charge >= 0.3 is 0 Å². The fraction of sp³-hybridized carbons (Fsp3) is 0.0192. The quantitative estimate of drug-likeness (QED) is 0.181. The third-order valence-corrected chi connectivity index (χ3v) is 12.2. The third kappa shape index (κ3) is 4.09. The fourth-order valence-corrected chi connectivity index (χ4v) is 9.81. The molecule has 1 spiro atoms. The Labute approximate surface area is 326 Å². The van der Waals surface area contributed by atoms with Crippen LogP contribution in [0.1, 0.15) is 22.3 Å². The van der Waals surface area contributed by atoms with E-state index in [1.807, 2.05) is 48.5 Å². The lowest BCUT2D eigenvalue weighted by atomic mass is 9.70. The van der Waals surface area contributed by atoms with Crippen LogP contribution in [-0.4, -0.2) is 15.0 Å². The van der Waals surface area contributed by atoms with Crippen molar-refractivity contribution in [1.29, 1.82) is 0 Å². The van der Waals surface area contributed by atoms with Crippen LogP contribution >= 0.6 is 0 Å². The molecule has 0 atom stereocenters. The summed E-state index contributed by atoms with van der Waals surface area (Å²) in [7, 11) is 0. The molecule has 2 aliphatic carbocycles. The van der Waals surface area contributed by atoms with Crippen LogP contribution in [0.2, 0.25) is 0 Å². The van der Waals surface area contributed by atoms with Crippen molar-refractivity contribution < 1.29 is 8.83 Å². The molecule has 11 aromatic rings. The van der Waals surface area contributed by atoms with Gasteiger partial charge in [-0.2, -0.15) is 0 Å². The summed E-state index contributed by atoms with van der Waals surface area (Å²) in [4.78, 5) is 15.8. The molecule has 0 bridgehead atoms. The van der Waals surface area contributed by atoms with Gasteiger partial charge in [0.1, 0.15) is 22.3 Å². The van der Waals surface area contributed by atoms with E-state index in [-0.39, 0.29) is 0 Å². The van der Waals surface area contributed by atoms with Gasteiger partial charge in [0.05, 0.1) is 5.41 Å². The number of nitrogens with zero attached hydrogens (tertiary/aromatic N) is 3. The minimum atomic E-state index is -0.480. The number of hydrogen-bond donors (Lipinski definition) is 0. The molecular weight excluding hydrogens is 699 g/mol. The fourth-order valence-electron chi connectivity index (χ4n) is 9.81. The molecule has 13 rings (SSSR count). The minimum absolute atomic E-state index is 0.480. The number of rotatable bonds is 3. The maximum absolute atomic E-state index is 6.35. The summed E-state index contributed by atoms with van der Waals surface area (Å²) in [6.07, 6.45) is 0. The van der Waals surface area contributed by atoms with Gasteiger partial charge in [-0.1, -0.05) is 140 Å². The molecular formula is C52H29N3O2. The summed E-state index contributed by atoms with van der Waals surface area (Å²) in [5.74, 6) is 1.74. The predicted molar refractivity (Wildman–Crippen MR) is 227 cm³/mol. The molecule has 8 aromatic carbocycles. The number of furan rings is 2. The highest BCUT2D eigenvalue weighted by atomic mass is 16.3. The number of aromatic nitrogens is 3. The largest absolute Gasteiger partial charge is 0.456 e. The van der Waals surface area contributed by atoms with E-state index in [1.165, 1.54) is 38.9 Å². The van der Waals surface area contributed by atoms with E-state index in [0.29, 0.717) is 17.5 Å². The highest BCUT2D eigenvalue weighted by molar-refractivity contribution is 6.07. The minimum Gasteiger partial charge on any atom is -0.456 e. The van der Waals surface area contributed by atoms with Crippen molar-refractivity contribution in [3.05, 3.63) is 198 Å². The van der Waals surface area contributed by atoms with E-state index < -0.39 is 5.41 Å². The normalized spacial score (nSPS) is 13.4. The first-order valence-corrected chi connectivity index (χ1v) is 19.3. The number of hydrogen-bond acceptors (Lipinski definition) is 5. The summed E-state index contributed by atoms with van der Waals surface area (Å²) in [6, 6.07) is 62.0. The van der Waals surface area contributed by atoms with Gasteiger partial charge in [-0.3, -0.25) is 0 Å². The van der Waals surface area contributed by atoms with Crippen LogP contribution in [0.25, 0.3) is 100 Å². The Hall–Kier alpha value is -7.63. The van der Waals surface area contributed by atoms with Crippen molar-refractivity contribution in [3.63, 3.8) is 0 Å². The molecule has 0 fully saturated rings. The van der Waals surface area contributed by atoms with E-state index in [0.717, 1.165) is 66.1 Å². The first-order valence-electron chi connectivity index (χ1n) is 19.3. The lowest BCUT2D eigenvalue weighted by molar-refractivity contribution is 0.668. The monoisotopic (exact) mass is 727 g/mol. The van der Waals surface area contributed by atoms with Crippen LogP contribution in [0.4, 0.5) is 0 Å². The second-order valence-electron chi connectivity index (χ2n) is 15.0. The molecule has 0 unspecified atom stereocenters. The topological polar surface area (TPSA) is 65.0 Å². The zero-order valence-electron chi connectivity index (χ0n) is 30.4. The van der Waals surface area contributed by atoms with Gasteiger partial charge in [-0.15, -0.1) is 0 Å². The Balaban J connectivity index is 1.08. The number of fused-ring (bicyclic) bond motifs is 16. The summed E-state index contributed by atoms with van der Waals surface area (Å²) >= 11 is 0. The molecule has 3 aromatic heterocycles.